The van der Waals surface area contributed by atoms with Gasteiger partial charge in [-0.2, -0.15) is 0 Å². The Morgan fingerprint density at radius 1 is 1.35 bits per heavy atom. The van der Waals surface area contributed by atoms with E-state index in [-0.39, 0.29) is 5.97 Å². The van der Waals surface area contributed by atoms with Crippen LogP contribution in [0.5, 0.6) is 0 Å². The molecular weight excluding hydrogens is 288 g/mol. The first-order valence-electron chi connectivity index (χ1n) is 8.73. The van der Waals surface area contributed by atoms with Crippen molar-refractivity contribution < 1.29 is 14.6 Å². The van der Waals surface area contributed by atoms with Gasteiger partial charge in [0.15, 0.2) is 0 Å². The molecule has 0 radical (unpaired) electrons. The summed E-state index contributed by atoms with van der Waals surface area (Å²) in [4.78, 5) is 12.5. The highest BCUT2D eigenvalue weighted by Crippen LogP contribution is 2.33. The molecule has 0 saturated heterocycles. The lowest BCUT2D eigenvalue weighted by Gasteiger charge is -2.33. The number of hydrogen-bond donors (Lipinski definition) is 1. The van der Waals surface area contributed by atoms with Gasteiger partial charge in [-0.15, -0.1) is 0 Å². The summed E-state index contributed by atoms with van der Waals surface area (Å²) in [6.45, 7) is 10.1. The summed E-state index contributed by atoms with van der Waals surface area (Å²) in [5, 5.41) is 10.6. The maximum Gasteiger partial charge on any atom is 0.334 e. The van der Waals surface area contributed by atoms with Crippen LogP contribution in [-0.2, 0) is 9.53 Å². The third-order valence-electron chi connectivity index (χ3n) is 5.35. The van der Waals surface area contributed by atoms with E-state index in [4.69, 9.17) is 4.74 Å². The van der Waals surface area contributed by atoms with E-state index in [1.165, 1.54) is 5.57 Å². The molecule has 128 valence electrons. The van der Waals surface area contributed by atoms with Crippen molar-refractivity contribution in [2.75, 3.05) is 0 Å². The first-order valence-corrected chi connectivity index (χ1v) is 8.73. The molecule has 1 N–H and O–H groups in total. The first kappa shape index (κ1) is 18.0. The summed E-state index contributed by atoms with van der Waals surface area (Å²) in [5.74, 6) is 0.132. The van der Waals surface area contributed by atoms with Crippen molar-refractivity contribution >= 4 is 5.97 Å². The average Bonchev–Trinajstić information content (AvgIpc) is 2.62. The van der Waals surface area contributed by atoms with Crippen molar-refractivity contribution in [3.63, 3.8) is 0 Å². The molecule has 0 fully saturated rings. The Kier molecular flexibility index (Phi) is 5.85. The Bertz CT molecular complexity index is 529. The van der Waals surface area contributed by atoms with Crippen LogP contribution >= 0.6 is 0 Å². The molecule has 2 bridgehead atoms. The molecule has 0 aliphatic carbocycles. The number of ether oxygens (including phenoxy) is 1. The monoisotopic (exact) mass is 318 g/mol. The van der Waals surface area contributed by atoms with Crippen LogP contribution in [0.15, 0.2) is 35.5 Å². The summed E-state index contributed by atoms with van der Waals surface area (Å²) in [7, 11) is 0. The fourth-order valence-corrected chi connectivity index (χ4v) is 3.39. The second-order valence-corrected chi connectivity index (χ2v) is 7.39. The van der Waals surface area contributed by atoms with E-state index in [1.54, 1.807) is 0 Å². The van der Waals surface area contributed by atoms with Crippen molar-refractivity contribution in [3.05, 3.63) is 35.5 Å². The van der Waals surface area contributed by atoms with Crippen molar-refractivity contribution in [3.8, 4) is 0 Å². The number of carbonyl (C=O) groups is 1. The molecule has 0 aromatic rings. The van der Waals surface area contributed by atoms with Crippen LogP contribution in [0.2, 0.25) is 0 Å². The average molecular weight is 318 g/mol. The first-order chi connectivity index (χ1) is 10.8. The molecule has 0 aromatic heterocycles. The van der Waals surface area contributed by atoms with Gasteiger partial charge in [0, 0.05) is 5.57 Å². The lowest BCUT2D eigenvalue weighted by Crippen LogP contribution is -2.43. The zero-order valence-corrected chi connectivity index (χ0v) is 14.7. The van der Waals surface area contributed by atoms with Gasteiger partial charge < -0.3 is 9.84 Å². The molecule has 2 aliphatic rings. The number of hydrogen-bond acceptors (Lipinski definition) is 3. The topological polar surface area (TPSA) is 46.5 Å². The fourth-order valence-electron chi connectivity index (χ4n) is 3.39. The third-order valence-corrected chi connectivity index (χ3v) is 5.35. The van der Waals surface area contributed by atoms with E-state index < -0.39 is 11.7 Å². The fraction of sp³-hybridized carbons (Fsp3) is 0.650. The van der Waals surface area contributed by atoms with Crippen LogP contribution in [0.1, 0.15) is 65.7 Å². The van der Waals surface area contributed by atoms with Crippen molar-refractivity contribution in [1.82, 2.24) is 0 Å². The van der Waals surface area contributed by atoms with Gasteiger partial charge in [0.1, 0.15) is 5.60 Å². The van der Waals surface area contributed by atoms with E-state index in [9.17, 15) is 9.90 Å². The Hall–Kier alpha value is -1.35. The van der Waals surface area contributed by atoms with E-state index in [0.717, 1.165) is 43.3 Å². The number of esters is 1. The SMILES string of the molecule is C=C(C)[C@@H]1C/C=C(\C)CC[C@H](O)[C@]2(C)CCC=C(CC1)C(=O)O2. The predicted molar refractivity (Wildman–Crippen MR) is 93.0 cm³/mol. The molecule has 0 unspecified atom stereocenters. The summed E-state index contributed by atoms with van der Waals surface area (Å²) in [5.41, 5.74) is 2.43. The molecule has 2 aliphatic heterocycles. The number of carbonyl (C=O) groups excluding carboxylic acids is 1. The van der Waals surface area contributed by atoms with E-state index in [0.29, 0.717) is 18.8 Å². The van der Waals surface area contributed by atoms with Crippen LogP contribution in [-0.4, -0.2) is 22.8 Å². The molecule has 0 spiro atoms. The second kappa shape index (κ2) is 7.48. The number of allylic oxidation sites excluding steroid dienone is 4. The lowest BCUT2D eigenvalue weighted by molar-refractivity contribution is -0.166. The third kappa shape index (κ3) is 4.57. The van der Waals surface area contributed by atoms with Crippen LogP contribution in [0.25, 0.3) is 0 Å². The lowest BCUT2D eigenvalue weighted by atomic mass is 9.87. The zero-order chi connectivity index (χ0) is 17.0. The normalized spacial score (nSPS) is 35.6. The molecule has 0 aromatic carbocycles. The minimum atomic E-state index is -0.780. The number of aliphatic hydroxyl groups is 1. The Labute approximate surface area is 140 Å². The van der Waals surface area contributed by atoms with Crippen LogP contribution in [0.3, 0.4) is 0 Å². The van der Waals surface area contributed by atoms with Gasteiger partial charge in [0.25, 0.3) is 0 Å². The van der Waals surface area contributed by atoms with Crippen molar-refractivity contribution in [2.45, 2.75) is 77.4 Å². The molecule has 2 rings (SSSR count). The second-order valence-electron chi connectivity index (χ2n) is 7.39. The molecule has 23 heavy (non-hydrogen) atoms. The highest BCUT2D eigenvalue weighted by molar-refractivity contribution is 5.89. The molecule has 0 amide bonds. The predicted octanol–water partition coefficient (Wildman–Crippen LogP) is 4.47. The van der Waals surface area contributed by atoms with Crippen LogP contribution in [0.4, 0.5) is 0 Å². The number of rotatable bonds is 1. The van der Waals surface area contributed by atoms with Gasteiger partial charge in [-0.05, 0) is 71.6 Å². The van der Waals surface area contributed by atoms with E-state index in [1.807, 2.05) is 13.0 Å². The zero-order valence-electron chi connectivity index (χ0n) is 14.7. The summed E-state index contributed by atoms with van der Waals surface area (Å²) in [6.07, 6.45) is 9.14. The van der Waals surface area contributed by atoms with Crippen LogP contribution < -0.4 is 0 Å². The van der Waals surface area contributed by atoms with Crippen molar-refractivity contribution in [2.24, 2.45) is 5.92 Å². The molecular formula is C20H30O3. The highest BCUT2D eigenvalue weighted by atomic mass is 16.6. The van der Waals surface area contributed by atoms with Gasteiger partial charge in [-0.25, -0.2) is 4.79 Å². The molecule has 3 nitrogen and oxygen atoms in total. The Morgan fingerprint density at radius 2 is 2.09 bits per heavy atom. The summed E-state index contributed by atoms with van der Waals surface area (Å²) >= 11 is 0. The quantitative estimate of drug-likeness (QED) is 0.573. The van der Waals surface area contributed by atoms with Gasteiger partial charge in [0.05, 0.1) is 6.10 Å². The highest BCUT2D eigenvalue weighted by Gasteiger charge is 2.38. The van der Waals surface area contributed by atoms with Crippen LogP contribution in [0, 0.1) is 5.92 Å². The largest absolute Gasteiger partial charge is 0.453 e. The number of aliphatic hydroxyl groups excluding tert-OH is 1. The Morgan fingerprint density at radius 3 is 2.78 bits per heavy atom. The maximum absolute atomic E-state index is 12.5. The minimum Gasteiger partial charge on any atom is -0.453 e. The van der Waals surface area contributed by atoms with Crippen molar-refractivity contribution in [1.29, 1.82) is 0 Å². The molecule has 2 heterocycles. The molecule has 3 heteroatoms. The van der Waals surface area contributed by atoms with E-state index >= 15 is 0 Å². The van der Waals surface area contributed by atoms with Gasteiger partial charge in [-0.1, -0.05) is 29.9 Å². The van der Waals surface area contributed by atoms with E-state index in [2.05, 4.69) is 26.5 Å². The summed E-state index contributed by atoms with van der Waals surface area (Å²) in [6, 6.07) is 0. The van der Waals surface area contributed by atoms with Gasteiger partial charge in [0.2, 0.25) is 0 Å². The summed E-state index contributed by atoms with van der Waals surface area (Å²) < 4.78 is 5.72. The smallest absolute Gasteiger partial charge is 0.334 e. The van der Waals surface area contributed by atoms with Gasteiger partial charge >= 0.3 is 5.97 Å². The number of fused-ring (bicyclic) bond motifs is 3. The standard InChI is InChI=1S/C20H30O3/c1-14(2)16-9-7-15(3)8-12-18(21)20(4)13-5-6-17(11-10-16)19(22)23-20/h6-7,16,18,21H,1,5,8-13H2,2-4H3/b15-7+/t16-,18+,20+/m1/s1. The molecule has 3 atom stereocenters. The molecule has 0 saturated carbocycles. The maximum atomic E-state index is 12.5. The minimum absolute atomic E-state index is 0.256. The van der Waals surface area contributed by atoms with Gasteiger partial charge in [-0.3, -0.25) is 0 Å². The Balaban J connectivity index is 2.27.